The number of aliphatic hydroxyl groups is 1. The molecule has 0 radical (unpaired) electrons. The second-order valence-corrected chi connectivity index (χ2v) is 6.27. The van der Waals surface area contributed by atoms with E-state index in [-0.39, 0.29) is 23.6 Å². The lowest BCUT2D eigenvalue weighted by Gasteiger charge is -2.36. The van der Waals surface area contributed by atoms with E-state index < -0.39 is 5.60 Å². The third kappa shape index (κ3) is 3.19. The Kier molecular flexibility index (Phi) is 4.67. The van der Waals surface area contributed by atoms with E-state index in [2.05, 4.69) is 5.16 Å². The number of carbonyl (C=O) groups excluding carboxylic acids is 1. The number of likely N-dealkylation sites (tertiary alicyclic amines) is 1. The summed E-state index contributed by atoms with van der Waals surface area (Å²) in [6, 6.07) is 8.33. The van der Waals surface area contributed by atoms with Crippen molar-refractivity contribution in [1.82, 2.24) is 10.1 Å². The summed E-state index contributed by atoms with van der Waals surface area (Å²) < 4.78 is 15.2. The number of carbonyl (C=O) groups is 1. The molecule has 0 aliphatic carbocycles. The maximum absolute atomic E-state index is 12.8. The lowest BCUT2D eigenvalue weighted by molar-refractivity contribution is -0.0187. The topological polar surface area (TPSA) is 85.0 Å². The highest BCUT2D eigenvalue weighted by Gasteiger charge is 2.43. The van der Waals surface area contributed by atoms with Gasteiger partial charge in [0.25, 0.3) is 11.8 Å². The first-order chi connectivity index (χ1) is 12.0. The Hall–Kier alpha value is -2.54. The van der Waals surface area contributed by atoms with Gasteiger partial charge in [0.2, 0.25) is 5.76 Å². The van der Waals surface area contributed by atoms with Gasteiger partial charge in [-0.3, -0.25) is 4.79 Å². The van der Waals surface area contributed by atoms with E-state index in [1.54, 1.807) is 31.1 Å². The van der Waals surface area contributed by atoms with Crippen LogP contribution in [0.5, 0.6) is 11.6 Å². The molecule has 0 saturated carbocycles. The van der Waals surface area contributed by atoms with E-state index in [0.717, 1.165) is 12.0 Å². The third-order valence-electron chi connectivity index (χ3n) is 4.75. The Labute approximate surface area is 146 Å². The molecule has 134 valence electrons. The van der Waals surface area contributed by atoms with Gasteiger partial charge in [-0.1, -0.05) is 12.1 Å². The largest absolute Gasteiger partial charge is 0.497 e. The minimum absolute atomic E-state index is 0.106. The highest BCUT2D eigenvalue weighted by atomic mass is 16.5. The van der Waals surface area contributed by atoms with Gasteiger partial charge in [-0.2, -0.15) is 0 Å². The molecule has 7 heteroatoms. The predicted octanol–water partition coefficient (Wildman–Crippen LogP) is 2.20. The van der Waals surface area contributed by atoms with Crippen LogP contribution in [0.1, 0.15) is 35.9 Å². The number of aromatic nitrogens is 1. The lowest BCUT2D eigenvalue weighted by Crippen LogP contribution is -2.48. The number of benzene rings is 1. The van der Waals surface area contributed by atoms with Gasteiger partial charge in [0.1, 0.15) is 11.4 Å². The van der Waals surface area contributed by atoms with Gasteiger partial charge in [-0.25, -0.2) is 0 Å². The molecule has 1 aliphatic rings. The highest BCUT2D eigenvalue weighted by molar-refractivity contribution is 5.92. The maximum Gasteiger partial charge on any atom is 0.292 e. The second kappa shape index (κ2) is 6.76. The molecular formula is C18H22N2O5. The van der Waals surface area contributed by atoms with Gasteiger partial charge in [0.05, 0.1) is 26.3 Å². The molecule has 3 rings (SSSR count). The number of methoxy groups -OCH3 is 2. The third-order valence-corrected chi connectivity index (χ3v) is 4.75. The van der Waals surface area contributed by atoms with Crippen LogP contribution < -0.4 is 9.47 Å². The number of nitrogens with zero attached hydrogens (tertiary/aromatic N) is 2. The van der Waals surface area contributed by atoms with E-state index in [1.807, 2.05) is 12.1 Å². The molecule has 1 fully saturated rings. The van der Waals surface area contributed by atoms with Crippen molar-refractivity contribution in [3.8, 4) is 11.6 Å². The molecule has 1 N–H and O–H groups in total. The van der Waals surface area contributed by atoms with Crippen LogP contribution in [0.4, 0.5) is 0 Å². The normalized spacial score (nSPS) is 19.5. The van der Waals surface area contributed by atoms with Crippen LogP contribution >= 0.6 is 0 Å². The number of rotatable bonds is 5. The Balaban J connectivity index is 1.85. The molecule has 0 bridgehead atoms. The summed E-state index contributed by atoms with van der Waals surface area (Å²) in [4.78, 5) is 14.4. The number of hydrogen-bond acceptors (Lipinski definition) is 6. The van der Waals surface area contributed by atoms with Crippen LogP contribution in [-0.4, -0.2) is 47.9 Å². The summed E-state index contributed by atoms with van der Waals surface area (Å²) in [6.45, 7) is 2.28. The van der Waals surface area contributed by atoms with Crippen molar-refractivity contribution in [3.05, 3.63) is 41.7 Å². The first kappa shape index (κ1) is 17.3. The molecule has 1 aromatic carbocycles. The molecule has 1 aromatic heterocycles. The standard InChI is InChI=1S/C18H22N2O5/c1-18(22,12-6-8-13(23-2)9-7-12)15-5-4-10-20(15)17(21)14-11-16(24-3)19-25-14/h6-9,11,15,22H,4-5,10H2,1-3H3/t15-,18+/m0/s1. The molecule has 1 aliphatic heterocycles. The molecule has 0 unspecified atom stereocenters. The van der Waals surface area contributed by atoms with Crippen molar-refractivity contribution >= 4 is 5.91 Å². The summed E-state index contributed by atoms with van der Waals surface area (Å²) in [7, 11) is 3.05. The van der Waals surface area contributed by atoms with Gasteiger partial charge in [-0.15, -0.1) is 0 Å². The fourth-order valence-corrected chi connectivity index (χ4v) is 3.31. The minimum Gasteiger partial charge on any atom is -0.497 e. The monoisotopic (exact) mass is 346 g/mol. The Morgan fingerprint density at radius 1 is 1.32 bits per heavy atom. The van der Waals surface area contributed by atoms with Crippen molar-refractivity contribution in [1.29, 1.82) is 0 Å². The van der Waals surface area contributed by atoms with Gasteiger partial charge in [0, 0.05) is 6.54 Å². The summed E-state index contributed by atoms with van der Waals surface area (Å²) >= 11 is 0. The van der Waals surface area contributed by atoms with E-state index in [1.165, 1.54) is 13.2 Å². The molecule has 7 nitrogen and oxygen atoms in total. The second-order valence-electron chi connectivity index (χ2n) is 6.27. The smallest absolute Gasteiger partial charge is 0.292 e. The van der Waals surface area contributed by atoms with Crippen LogP contribution in [-0.2, 0) is 5.60 Å². The molecule has 1 saturated heterocycles. The van der Waals surface area contributed by atoms with Crippen molar-refractivity contribution in [2.24, 2.45) is 0 Å². The predicted molar refractivity (Wildman–Crippen MR) is 89.7 cm³/mol. The highest BCUT2D eigenvalue weighted by Crippen LogP contribution is 2.36. The van der Waals surface area contributed by atoms with Gasteiger partial charge in [-0.05, 0) is 42.6 Å². The van der Waals surface area contributed by atoms with Gasteiger partial charge in [0.15, 0.2) is 0 Å². The maximum atomic E-state index is 12.8. The van der Waals surface area contributed by atoms with Crippen LogP contribution in [0.3, 0.4) is 0 Å². The van der Waals surface area contributed by atoms with Crippen molar-refractivity contribution in [2.45, 2.75) is 31.4 Å². The van der Waals surface area contributed by atoms with Crippen molar-refractivity contribution < 1.29 is 23.9 Å². The van der Waals surface area contributed by atoms with Gasteiger partial charge >= 0.3 is 0 Å². The van der Waals surface area contributed by atoms with Crippen LogP contribution in [0, 0.1) is 0 Å². The molecule has 0 spiro atoms. The van der Waals surface area contributed by atoms with Crippen molar-refractivity contribution in [2.75, 3.05) is 20.8 Å². The minimum atomic E-state index is -1.19. The van der Waals surface area contributed by atoms with E-state index in [0.29, 0.717) is 18.7 Å². The van der Waals surface area contributed by atoms with Crippen LogP contribution in [0.25, 0.3) is 0 Å². The molecule has 2 aromatic rings. The summed E-state index contributed by atoms with van der Waals surface area (Å²) in [5.41, 5.74) is -0.462. The number of ether oxygens (including phenoxy) is 2. The average molecular weight is 346 g/mol. The number of hydrogen-bond donors (Lipinski definition) is 1. The Morgan fingerprint density at radius 2 is 2.04 bits per heavy atom. The zero-order valence-corrected chi connectivity index (χ0v) is 14.6. The average Bonchev–Trinajstić information content (AvgIpc) is 3.30. The van der Waals surface area contributed by atoms with E-state index >= 15 is 0 Å². The summed E-state index contributed by atoms with van der Waals surface area (Å²) in [6.07, 6.45) is 1.52. The van der Waals surface area contributed by atoms with Gasteiger partial charge < -0.3 is 24.0 Å². The zero-order valence-electron chi connectivity index (χ0n) is 14.6. The number of amides is 1. The zero-order chi connectivity index (χ0) is 18.0. The fourth-order valence-electron chi connectivity index (χ4n) is 3.31. The molecule has 1 amide bonds. The molecule has 2 heterocycles. The molecule has 25 heavy (non-hydrogen) atoms. The lowest BCUT2D eigenvalue weighted by atomic mass is 9.86. The first-order valence-corrected chi connectivity index (χ1v) is 8.16. The van der Waals surface area contributed by atoms with Crippen molar-refractivity contribution in [3.63, 3.8) is 0 Å². The van der Waals surface area contributed by atoms with Crippen LogP contribution in [0.15, 0.2) is 34.9 Å². The Morgan fingerprint density at radius 3 is 2.64 bits per heavy atom. The molecular weight excluding hydrogens is 324 g/mol. The van der Waals surface area contributed by atoms with Crippen LogP contribution in [0.2, 0.25) is 0 Å². The quantitative estimate of drug-likeness (QED) is 0.893. The van der Waals surface area contributed by atoms with E-state index in [9.17, 15) is 9.90 Å². The fraction of sp³-hybridized carbons (Fsp3) is 0.444. The SMILES string of the molecule is COc1ccc([C@@](C)(O)[C@@H]2CCCN2C(=O)c2cc(OC)no2)cc1. The van der Waals surface area contributed by atoms with E-state index in [4.69, 9.17) is 14.0 Å². The summed E-state index contributed by atoms with van der Waals surface area (Å²) in [5.74, 6) is 0.773. The molecule has 2 atom stereocenters. The summed E-state index contributed by atoms with van der Waals surface area (Å²) in [5, 5.41) is 14.8. The Bertz CT molecular complexity index is 738. The first-order valence-electron chi connectivity index (χ1n) is 8.16.